The average Bonchev–Trinajstić information content (AvgIpc) is 2.81. The molecular weight excluding hydrogens is 260 g/mol. The van der Waals surface area contributed by atoms with Crippen LogP contribution >= 0.6 is 11.8 Å². The molecule has 0 radical (unpaired) electrons. The lowest BCUT2D eigenvalue weighted by atomic mass is 9.92. The molecule has 3 heterocycles. The maximum Gasteiger partial charge on any atom is 0.255 e. The van der Waals surface area contributed by atoms with Crippen LogP contribution in [0.4, 0.5) is 0 Å². The third-order valence-corrected chi connectivity index (χ3v) is 5.49. The summed E-state index contributed by atoms with van der Waals surface area (Å²) in [4.78, 5) is 18.4. The second-order valence-corrected chi connectivity index (χ2v) is 6.89. The largest absolute Gasteiger partial charge is 0.381 e. The standard InChI is InChI=1S/C14H18N2O2S/c1-10-3-4-11(6-15-10)13(17)16-8-14(9-16)5-12(18-2)7-19-14/h3-4,6,12H,5,7-9H2,1-2H3/t12-/m0/s1. The van der Waals surface area contributed by atoms with Gasteiger partial charge in [-0.05, 0) is 25.5 Å². The molecule has 0 saturated carbocycles. The van der Waals surface area contributed by atoms with Crippen molar-refractivity contribution in [2.24, 2.45) is 0 Å². The molecule has 2 fully saturated rings. The van der Waals surface area contributed by atoms with Gasteiger partial charge in [0.25, 0.3) is 5.91 Å². The van der Waals surface area contributed by atoms with Crippen molar-refractivity contribution in [3.05, 3.63) is 29.6 Å². The third kappa shape index (κ3) is 2.37. The Kier molecular flexibility index (Phi) is 3.27. The topological polar surface area (TPSA) is 42.4 Å². The van der Waals surface area contributed by atoms with Gasteiger partial charge in [0.2, 0.25) is 0 Å². The summed E-state index contributed by atoms with van der Waals surface area (Å²) in [6.45, 7) is 3.60. The van der Waals surface area contributed by atoms with Gasteiger partial charge < -0.3 is 9.64 Å². The molecule has 1 aromatic heterocycles. The number of methoxy groups -OCH3 is 1. The van der Waals surface area contributed by atoms with E-state index in [4.69, 9.17) is 4.74 Å². The van der Waals surface area contributed by atoms with Gasteiger partial charge in [-0.3, -0.25) is 9.78 Å². The minimum atomic E-state index is 0.0968. The Labute approximate surface area is 117 Å². The van der Waals surface area contributed by atoms with Gasteiger partial charge in [0.1, 0.15) is 0 Å². The van der Waals surface area contributed by atoms with Crippen molar-refractivity contribution in [1.29, 1.82) is 0 Å². The first kappa shape index (κ1) is 12.9. The predicted molar refractivity (Wildman–Crippen MR) is 75.5 cm³/mol. The summed E-state index contributed by atoms with van der Waals surface area (Å²) in [7, 11) is 1.77. The van der Waals surface area contributed by atoms with Crippen LogP contribution in [0, 0.1) is 6.92 Å². The molecule has 0 N–H and O–H groups in total. The van der Waals surface area contributed by atoms with E-state index >= 15 is 0 Å². The number of aryl methyl sites for hydroxylation is 1. The van der Waals surface area contributed by atoms with E-state index in [1.54, 1.807) is 13.3 Å². The first-order valence-electron chi connectivity index (χ1n) is 6.51. The highest BCUT2D eigenvalue weighted by molar-refractivity contribution is 8.01. The van der Waals surface area contributed by atoms with Crippen molar-refractivity contribution in [3.8, 4) is 0 Å². The van der Waals surface area contributed by atoms with Gasteiger partial charge in [-0.15, -0.1) is 11.8 Å². The van der Waals surface area contributed by atoms with Gasteiger partial charge in [-0.25, -0.2) is 0 Å². The number of carbonyl (C=O) groups excluding carboxylic acids is 1. The van der Waals surface area contributed by atoms with Gasteiger partial charge in [0, 0.05) is 37.8 Å². The quantitative estimate of drug-likeness (QED) is 0.826. The normalized spacial score (nSPS) is 24.5. The van der Waals surface area contributed by atoms with Crippen LogP contribution in [0.3, 0.4) is 0 Å². The van der Waals surface area contributed by atoms with E-state index < -0.39 is 0 Å². The second-order valence-electron chi connectivity index (χ2n) is 5.41. The summed E-state index contributed by atoms with van der Waals surface area (Å²) >= 11 is 1.95. The van der Waals surface area contributed by atoms with Crippen LogP contribution in [0.15, 0.2) is 18.3 Å². The minimum absolute atomic E-state index is 0.0968. The van der Waals surface area contributed by atoms with Crippen LogP contribution in [-0.2, 0) is 4.74 Å². The van der Waals surface area contributed by atoms with E-state index in [1.165, 1.54) is 0 Å². The summed E-state index contributed by atoms with van der Waals surface area (Å²) in [6.07, 6.45) is 3.08. The van der Waals surface area contributed by atoms with Gasteiger partial charge in [0.05, 0.1) is 16.4 Å². The Hall–Kier alpha value is -1.07. The van der Waals surface area contributed by atoms with Crippen molar-refractivity contribution in [2.75, 3.05) is 26.0 Å². The van der Waals surface area contributed by atoms with Crippen LogP contribution in [0.1, 0.15) is 22.5 Å². The van der Waals surface area contributed by atoms with Crippen LogP contribution in [-0.4, -0.2) is 52.6 Å². The van der Waals surface area contributed by atoms with Gasteiger partial charge in [-0.2, -0.15) is 0 Å². The van der Waals surface area contributed by atoms with E-state index in [9.17, 15) is 4.79 Å². The minimum Gasteiger partial charge on any atom is -0.381 e. The first-order chi connectivity index (χ1) is 9.12. The highest BCUT2D eigenvalue weighted by Gasteiger charge is 2.50. The molecule has 2 aliphatic rings. The fourth-order valence-electron chi connectivity index (χ4n) is 2.74. The lowest BCUT2D eigenvalue weighted by molar-refractivity contribution is 0.0451. The highest BCUT2D eigenvalue weighted by Crippen LogP contribution is 2.46. The molecular formula is C14H18N2O2S. The number of nitrogens with zero attached hydrogens (tertiary/aromatic N) is 2. The molecule has 5 heteroatoms. The first-order valence-corrected chi connectivity index (χ1v) is 7.49. The zero-order valence-corrected chi connectivity index (χ0v) is 12.1. The van der Waals surface area contributed by atoms with Gasteiger partial charge >= 0.3 is 0 Å². The summed E-state index contributed by atoms with van der Waals surface area (Å²) in [5, 5.41) is 0. The number of thioether (sulfide) groups is 1. The molecule has 2 saturated heterocycles. The number of carbonyl (C=O) groups is 1. The lowest BCUT2D eigenvalue weighted by Gasteiger charge is -2.47. The van der Waals surface area contributed by atoms with E-state index in [1.807, 2.05) is 35.7 Å². The molecule has 19 heavy (non-hydrogen) atoms. The molecule has 0 aromatic carbocycles. The van der Waals surface area contributed by atoms with Crippen molar-refractivity contribution in [1.82, 2.24) is 9.88 Å². The smallest absolute Gasteiger partial charge is 0.255 e. The van der Waals surface area contributed by atoms with Crippen LogP contribution < -0.4 is 0 Å². The summed E-state index contributed by atoms with van der Waals surface area (Å²) in [5.74, 6) is 1.14. The number of pyridine rings is 1. The third-order valence-electron chi connectivity index (χ3n) is 3.91. The molecule has 1 atom stereocenters. The monoisotopic (exact) mass is 278 g/mol. The molecule has 1 spiro atoms. The molecule has 0 aliphatic carbocycles. The Morgan fingerprint density at radius 1 is 1.53 bits per heavy atom. The van der Waals surface area contributed by atoms with Crippen molar-refractivity contribution >= 4 is 17.7 Å². The zero-order chi connectivity index (χ0) is 13.5. The average molecular weight is 278 g/mol. The molecule has 0 unspecified atom stereocenters. The van der Waals surface area contributed by atoms with Crippen LogP contribution in [0.2, 0.25) is 0 Å². The second kappa shape index (κ2) is 4.80. The fraction of sp³-hybridized carbons (Fsp3) is 0.571. The number of likely N-dealkylation sites (tertiary alicyclic amines) is 1. The Morgan fingerprint density at radius 2 is 2.32 bits per heavy atom. The predicted octanol–water partition coefficient (Wildman–Crippen LogP) is 1.74. The van der Waals surface area contributed by atoms with Crippen molar-refractivity contribution < 1.29 is 9.53 Å². The Morgan fingerprint density at radius 3 is 2.89 bits per heavy atom. The Bertz CT molecular complexity index is 483. The number of rotatable bonds is 2. The number of aromatic nitrogens is 1. The number of amides is 1. The maximum absolute atomic E-state index is 12.3. The lowest BCUT2D eigenvalue weighted by Crippen LogP contribution is -2.60. The fourth-order valence-corrected chi connectivity index (χ4v) is 4.34. The van der Waals surface area contributed by atoms with Crippen molar-refractivity contribution in [3.63, 3.8) is 0 Å². The summed E-state index contributed by atoms with van der Waals surface area (Å²) in [5.41, 5.74) is 1.62. The maximum atomic E-state index is 12.3. The van der Waals surface area contributed by atoms with Gasteiger partial charge in [0.15, 0.2) is 0 Å². The Balaban J connectivity index is 1.61. The molecule has 3 rings (SSSR count). The zero-order valence-electron chi connectivity index (χ0n) is 11.3. The van der Waals surface area contributed by atoms with Crippen LogP contribution in [0.5, 0.6) is 0 Å². The molecule has 1 aromatic rings. The molecule has 0 bridgehead atoms. The SMILES string of the molecule is CO[C@@H]1CSC2(C1)CN(C(=O)c1ccc(C)nc1)C2. The number of ether oxygens (including phenoxy) is 1. The summed E-state index contributed by atoms with van der Waals surface area (Å²) < 4.78 is 5.65. The van der Waals surface area contributed by atoms with E-state index in [0.717, 1.165) is 31.0 Å². The van der Waals surface area contributed by atoms with E-state index in [-0.39, 0.29) is 10.7 Å². The summed E-state index contributed by atoms with van der Waals surface area (Å²) in [6, 6.07) is 3.74. The highest BCUT2D eigenvalue weighted by atomic mass is 32.2. The van der Waals surface area contributed by atoms with Gasteiger partial charge in [-0.1, -0.05) is 0 Å². The molecule has 2 aliphatic heterocycles. The number of hydrogen-bond donors (Lipinski definition) is 0. The van der Waals surface area contributed by atoms with Crippen LogP contribution in [0.25, 0.3) is 0 Å². The van der Waals surface area contributed by atoms with E-state index in [0.29, 0.717) is 11.7 Å². The van der Waals surface area contributed by atoms with E-state index in [2.05, 4.69) is 4.98 Å². The molecule has 102 valence electrons. The molecule has 4 nitrogen and oxygen atoms in total. The number of hydrogen-bond acceptors (Lipinski definition) is 4. The van der Waals surface area contributed by atoms with Crippen molar-refractivity contribution in [2.45, 2.75) is 24.2 Å². The molecule has 1 amide bonds.